The fourth-order valence-corrected chi connectivity index (χ4v) is 1.53. The molecular formula is C8H13ClN4O. The Kier molecular flexibility index (Phi) is 3.49. The SMILES string of the molecule is CNC(=O)c1n[nH]c2c1CNCC2.Cl. The first-order valence-electron chi connectivity index (χ1n) is 4.32. The molecule has 0 unspecified atom stereocenters. The number of nitrogens with one attached hydrogen (secondary N) is 3. The largest absolute Gasteiger partial charge is 0.354 e. The van der Waals surface area contributed by atoms with Crippen LogP contribution in [0, 0.1) is 0 Å². The normalized spacial score (nSPS) is 14.1. The summed E-state index contributed by atoms with van der Waals surface area (Å²) in [5.41, 5.74) is 2.60. The second-order valence-corrected chi connectivity index (χ2v) is 3.04. The number of aromatic nitrogens is 2. The monoisotopic (exact) mass is 216 g/mol. The number of nitrogens with zero attached hydrogens (tertiary/aromatic N) is 1. The topological polar surface area (TPSA) is 69.8 Å². The molecule has 2 heterocycles. The van der Waals surface area contributed by atoms with Gasteiger partial charge < -0.3 is 10.6 Å². The number of carbonyl (C=O) groups is 1. The second-order valence-electron chi connectivity index (χ2n) is 3.04. The van der Waals surface area contributed by atoms with Crippen LogP contribution >= 0.6 is 12.4 Å². The molecule has 0 bridgehead atoms. The Morgan fingerprint density at radius 1 is 1.57 bits per heavy atom. The Labute approximate surface area is 88.1 Å². The molecule has 3 N–H and O–H groups in total. The zero-order chi connectivity index (χ0) is 9.26. The van der Waals surface area contributed by atoms with Crippen molar-refractivity contribution in [2.24, 2.45) is 0 Å². The van der Waals surface area contributed by atoms with E-state index in [0.717, 1.165) is 30.8 Å². The molecule has 0 saturated heterocycles. The molecule has 0 spiro atoms. The van der Waals surface area contributed by atoms with E-state index in [0.29, 0.717) is 5.69 Å². The van der Waals surface area contributed by atoms with E-state index in [1.54, 1.807) is 7.05 Å². The molecule has 78 valence electrons. The van der Waals surface area contributed by atoms with E-state index in [1.165, 1.54) is 0 Å². The summed E-state index contributed by atoms with van der Waals surface area (Å²) in [6.07, 6.45) is 0.916. The van der Waals surface area contributed by atoms with Crippen LogP contribution in [0.4, 0.5) is 0 Å². The first-order chi connectivity index (χ1) is 6.33. The molecule has 14 heavy (non-hydrogen) atoms. The molecule has 1 aliphatic rings. The third-order valence-electron chi connectivity index (χ3n) is 2.25. The highest BCUT2D eigenvalue weighted by Crippen LogP contribution is 2.14. The lowest BCUT2D eigenvalue weighted by atomic mass is 10.1. The lowest BCUT2D eigenvalue weighted by molar-refractivity contribution is 0.0957. The zero-order valence-electron chi connectivity index (χ0n) is 7.89. The number of carbonyl (C=O) groups excluding carboxylic acids is 1. The molecule has 1 aromatic rings. The van der Waals surface area contributed by atoms with Crippen LogP contribution in [0.2, 0.25) is 0 Å². The van der Waals surface area contributed by atoms with Crippen molar-refractivity contribution >= 4 is 18.3 Å². The highest BCUT2D eigenvalue weighted by Gasteiger charge is 2.20. The van der Waals surface area contributed by atoms with Crippen LogP contribution in [0.5, 0.6) is 0 Å². The average Bonchev–Trinajstić information content (AvgIpc) is 2.60. The summed E-state index contributed by atoms with van der Waals surface area (Å²) in [6, 6.07) is 0. The molecule has 6 heteroatoms. The maximum Gasteiger partial charge on any atom is 0.271 e. The summed E-state index contributed by atoms with van der Waals surface area (Å²) in [5.74, 6) is -0.124. The fourth-order valence-electron chi connectivity index (χ4n) is 1.53. The third-order valence-corrected chi connectivity index (χ3v) is 2.25. The van der Waals surface area contributed by atoms with E-state index in [-0.39, 0.29) is 18.3 Å². The van der Waals surface area contributed by atoms with Crippen LogP contribution in [-0.4, -0.2) is 29.7 Å². The van der Waals surface area contributed by atoms with E-state index >= 15 is 0 Å². The molecule has 1 aliphatic heterocycles. The van der Waals surface area contributed by atoms with E-state index in [9.17, 15) is 4.79 Å². The molecule has 0 saturated carbocycles. The number of fused-ring (bicyclic) bond motifs is 1. The van der Waals surface area contributed by atoms with Crippen molar-refractivity contribution in [3.05, 3.63) is 17.0 Å². The van der Waals surface area contributed by atoms with Crippen molar-refractivity contribution in [3.8, 4) is 0 Å². The summed E-state index contributed by atoms with van der Waals surface area (Å²) >= 11 is 0. The maximum absolute atomic E-state index is 11.3. The number of halogens is 1. The van der Waals surface area contributed by atoms with Crippen LogP contribution in [0.3, 0.4) is 0 Å². The van der Waals surface area contributed by atoms with E-state index in [4.69, 9.17) is 0 Å². The number of amides is 1. The van der Waals surface area contributed by atoms with Gasteiger partial charge in [-0.15, -0.1) is 12.4 Å². The molecule has 0 fully saturated rings. The van der Waals surface area contributed by atoms with Crippen LogP contribution in [0.25, 0.3) is 0 Å². The van der Waals surface area contributed by atoms with E-state index in [2.05, 4.69) is 20.8 Å². The Morgan fingerprint density at radius 2 is 2.36 bits per heavy atom. The molecule has 1 amide bonds. The van der Waals surface area contributed by atoms with E-state index < -0.39 is 0 Å². The van der Waals surface area contributed by atoms with Gasteiger partial charge in [-0.25, -0.2) is 0 Å². The molecular weight excluding hydrogens is 204 g/mol. The molecule has 0 aliphatic carbocycles. The van der Waals surface area contributed by atoms with Crippen molar-refractivity contribution in [3.63, 3.8) is 0 Å². The van der Waals surface area contributed by atoms with Crippen LogP contribution in [-0.2, 0) is 13.0 Å². The first kappa shape index (κ1) is 11.0. The van der Waals surface area contributed by atoms with Gasteiger partial charge in [0.15, 0.2) is 5.69 Å². The predicted octanol–water partition coefficient (Wildman–Crippen LogP) is -0.163. The van der Waals surface area contributed by atoms with Crippen molar-refractivity contribution in [1.29, 1.82) is 0 Å². The minimum Gasteiger partial charge on any atom is -0.354 e. The molecule has 1 aromatic heterocycles. The average molecular weight is 217 g/mol. The zero-order valence-corrected chi connectivity index (χ0v) is 8.70. The number of hydrogen-bond donors (Lipinski definition) is 3. The third kappa shape index (κ3) is 1.73. The van der Waals surface area contributed by atoms with Gasteiger partial charge in [0.25, 0.3) is 5.91 Å². The minimum absolute atomic E-state index is 0. The smallest absolute Gasteiger partial charge is 0.271 e. The molecule has 2 rings (SSSR count). The van der Waals surface area contributed by atoms with Crippen molar-refractivity contribution in [1.82, 2.24) is 20.8 Å². The van der Waals surface area contributed by atoms with Gasteiger partial charge in [0, 0.05) is 37.8 Å². The minimum atomic E-state index is -0.124. The number of rotatable bonds is 1. The first-order valence-corrected chi connectivity index (χ1v) is 4.32. The van der Waals surface area contributed by atoms with Gasteiger partial charge in [-0.05, 0) is 0 Å². The summed E-state index contributed by atoms with van der Waals surface area (Å²) in [4.78, 5) is 11.3. The summed E-state index contributed by atoms with van der Waals surface area (Å²) < 4.78 is 0. The number of H-pyrrole nitrogens is 1. The van der Waals surface area contributed by atoms with Crippen molar-refractivity contribution in [2.45, 2.75) is 13.0 Å². The Morgan fingerprint density at radius 3 is 3.07 bits per heavy atom. The van der Waals surface area contributed by atoms with E-state index in [1.807, 2.05) is 0 Å². The van der Waals surface area contributed by atoms with Crippen LogP contribution in [0.15, 0.2) is 0 Å². The Bertz CT molecular complexity index is 336. The Hall–Kier alpha value is -1.07. The molecule has 5 nitrogen and oxygen atoms in total. The second kappa shape index (κ2) is 4.43. The van der Waals surface area contributed by atoms with Gasteiger partial charge in [-0.2, -0.15) is 5.10 Å². The molecule has 0 aromatic carbocycles. The van der Waals surface area contributed by atoms with Crippen LogP contribution in [0.1, 0.15) is 21.7 Å². The van der Waals surface area contributed by atoms with Gasteiger partial charge in [-0.3, -0.25) is 9.89 Å². The maximum atomic E-state index is 11.3. The standard InChI is InChI=1S/C8H12N4O.ClH/c1-9-8(13)7-5-4-10-3-2-6(5)11-12-7;/h10H,2-4H2,1H3,(H,9,13)(H,11,12);1H. The van der Waals surface area contributed by atoms with Crippen molar-refractivity contribution < 1.29 is 4.79 Å². The predicted molar refractivity (Wildman–Crippen MR) is 54.6 cm³/mol. The highest BCUT2D eigenvalue weighted by molar-refractivity contribution is 5.93. The highest BCUT2D eigenvalue weighted by atomic mass is 35.5. The number of hydrogen-bond acceptors (Lipinski definition) is 3. The van der Waals surface area contributed by atoms with Crippen LogP contribution < -0.4 is 10.6 Å². The lowest BCUT2D eigenvalue weighted by Crippen LogP contribution is -2.26. The quantitative estimate of drug-likeness (QED) is 0.611. The summed E-state index contributed by atoms with van der Waals surface area (Å²) in [7, 11) is 1.61. The molecule has 0 radical (unpaired) electrons. The fraction of sp³-hybridized carbons (Fsp3) is 0.500. The molecule has 0 atom stereocenters. The van der Waals surface area contributed by atoms with Gasteiger partial charge in [-0.1, -0.05) is 0 Å². The van der Waals surface area contributed by atoms with Gasteiger partial charge >= 0.3 is 0 Å². The van der Waals surface area contributed by atoms with Gasteiger partial charge in [0.05, 0.1) is 0 Å². The van der Waals surface area contributed by atoms with Crippen molar-refractivity contribution in [2.75, 3.05) is 13.6 Å². The summed E-state index contributed by atoms with van der Waals surface area (Å²) in [5, 5.41) is 12.7. The lowest BCUT2D eigenvalue weighted by Gasteiger charge is -2.12. The number of aromatic amines is 1. The van der Waals surface area contributed by atoms with Gasteiger partial charge in [0.2, 0.25) is 0 Å². The summed E-state index contributed by atoms with van der Waals surface area (Å²) in [6.45, 7) is 1.68. The Balaban J connectivity index is 0.000000980. The van der Waals surface area contributed by atoms with Gasteiger partial charge in [0.1, 0.15) is 0 Å².